The summed E-state index contributed by atoms with van der Waals surface area (Å²) in [4.78, 5) is 25.4. The van der Waals surface area contributed by atoms with Crippen molar-refractivity contribution in [2.45, 2.75) is 17.7 Å². The molecule has 1 aliphatic rings. The van der Waals surface area contributed by atoms with E-state index in [0.29, 0.717) is 15.6 Å². The minimum absolute atomic E-state index is 0.403. The molecule has 3 rings (SSSR count). The van der Waals surface area contributed by atoms with Crippen molar-refractivity contribution in [2.75, 3.05) is 7.05 Å². The van der Waals surface area contributed by atoms with Gasteiger partial charge in [-0.05, 0) is 23.3 Å². The van der Waals surface area contributed by atoms with Gasteiger partial charge in [0, 0.05) is 11.5 Å². The molecule has 0 saturated carbocycles. The molecule has 2 aromatic rings. The number of ether oxygens (including phenoxy) is 1. The Morgan fingerprint density at radius 1 is 1.14 bits per heavy atom. The highest BCUT2D eigenvalue weighted by molar-refractivity contribution is 9.10. The van der Waals surface area contributed by atoms with Crippen LogP contribution in [0.1, 0.15) is 11.1 Å². The van der Waals surface area contributed by atoms with Crippen LogP contribution in [0.3, 0.4) is 0 Å². The molecule has 0 radical (unpaired) electrons. The quantitative estimate of drug-likeness (QED) is 0.546. The van der Waals surface area contributed by atoms with Crippen LogP contribution in [0.4, 0.5) is 13.2 Å². The van der Waals surface area contributed by atoms with E-state index in [9.17, 15) is 22.8 Å². The fourth-order valence-corrected chi connectivity index (χ4v) is 3.47. The fourth-order valence-electron chi connectivity index (χ4n) is 3.07. The average Bonchev–Trinajstić information content (AvgIpc) is 2.84. The van der Waals surface area contributed by atoms with Crippen LogP contribution in [0.2, 0.25) is 0 Å². The second kappa shape index (κ2) is 6.87. The molecular formula is C18H15BrF3N3O3. The summed E-state index contributed by atoms with van der Waals surface area (Å²) in [6, 6.07) is 14.9. The van der Waals surface area contributed by atoms with Gasteiger partial charge in [-0.3, -0.25) is 15.4 Å². The first-order chi connectivity index (χ1) is 13.0. The number of hydrogen-bond donors (Lipinski definition) is 2. The van der Waals surface area contributed by atoms with E-state index >= 15 is 0 Å². The summed E-state index contributed by atoms with van der Waals surface area (Å²) >= 11 is 3.32. The molecule has 2 unspecified atom stereocenters. The number of nitrogens with one attached hydrogen (secondary N) is 1. The van der Waals surface area contributed by atoms with Gasteiger partial charge in [0.1, 0.15) is 0 Å². The van der Waals surface area contributed by atoms with E-state index in [-0.39, 0.29) is 0 Å². The lowest BCUT2D eigenvalue weighted by atomic mass is 9.83. The molecule has 148 valence electrons. The summed E-state index contributed by atoms with van der Waals surface area (Å²) in [7, 11) is 1.15. The number of nitrogens with zero attached hydrogens (tertiary/aromatic N) is 1. The number of rotatable bonds is 3. The molecule has 1 fully saturated rings. The van der Waals surface area contributed by atoms with Gasteiger partial charge in [0.05, 0.1) is 0 Å². The molecule has 1 aliphatic heterocycles. The number of nitrogens with two attached hydrogens (primary N) is 1. The number of likely N-dealkylation sites (N-methyl/N-ethyl adjacent to an activating group) is 1. The van der Waals surface area contributed by atoms with E-state index in [2.05, 4.69) is 26.0 Å². The molecule has 3 N–H and O–H groups in total. The molecule has 0 spiro atoms. The number of carbonyl (C=O) groups is 2. The topological polar surface area (TPSA) is 84.7 Å². The molecule has 1 saturated heterocycles. The molecule has 0 bridgehead atoms. The minimum atomic E-state index is -5.27. The molecular weight excluding hydrogens is 443 g/mol. The molecule has 1 heterocycles. The average molecular weight is 458 g/mol. The first-order valence-electron chi connectivity index (χ1n) is 7.99. The Kier molecular flexibility index (Phi) is 4.98. The molecule has 2 atom stereocenters. The zero-order valence-corrected chi connectivity index (χ0v) is 16.0. The largest absolute Gasteiger partial charge is 0.491 e. The maximum Gasteiger partial charge on any atom is 0.491 e. The molecule has 28 heavy (non-hydrogen) atoms. The number of alkyl halides is 3. The van der Waals surface area contributed by atoms with Crippen LogP contribution >= 0.6 is 15.9 Å². The van der Waals surface area contributed by atoms with Gasteiger partial charge >= 0.3 is 18.1 Å². The van der Waals surface area contributed by atoms with E-state index in [1.165, 1.54) is 0 Å². The number of amides is 1. The molecule has 10 heteroatoms. The maximum absolute atomic E-state index is 13.3. The number of esters is 1. The van der Waals surface area contributed by atoms with Gasteiger partial charge in [0.15, 0.2) is 5.54 Å². The molecule has 0 aliphatic carbocycles. The third kappa shape index (κ3) is 3.27. The maximum atomic E-state index is 13.3. The fraction of sp³-hybridized carbons (Fsp3) is 0.222. The first kappa shape index (κ1) is 20.3. The summed E-state index contributed by atoms with van der Waals surface area (Å²) in [5.74, 6) is -5.71. The summed E-state index contributed by atoms with van der Waals surface area (Å²) in [5.41, 5.74) is 5.07. The SMILES string of the molecule is CN1C(=O)C(c2ccccc2)(c2cccc(Br)c2)NC1(N)OC(=O)C(F)(F)F. The van der Waals surface area contributed by atoms with Gasteiger partial charge in [0.2, 0.25) is 0 Å². The van der Waals surface area contributed by atoms with Crippen molar-refractivity contribution in [3.05, 3.63) is 70.2 Å². The molecule has 6 nitrogen and oxygen atoms in total. The van der Waals surface area contributed by atoms with Gasteiger partial charge in [0.25, 0.3) is 5.91 Å². The number of carbonyl (C=O) groups excluding carboxylic acids is 2. The second-order valence-electron chi connectivity index (χ2n) is 6.20. The van der Waals surface area contributed by atoms with Crippen molar-refractivity contribution in [2.24, 2.45) is 5.73 Å². The summed E-state index contributed by atoms with van der Waals surface area (Å²) in [6.07, 6.45) is -5.27. The highest BCUT2D eigenvalue weighted by Gasteiger charge is 2.62. The van der Waals surface area contributed by atoms with E-state index in [1.807, 2.05) is 0 Å². The Hall–Kier alpha value is -2.43. The zero-order chi connectivity index (χ0) is 20.7. The van der Waals surface area contributed by atoms with Crippen molar-refractivity contribution in [1.82, 2.24) is 10.2 Å². The van der Waals surface area contributed by atoms with Gasteiger partial charge < -0.3 is 4.74 Å². The van der Waals surface area contributed by atoms with E-state index < -0.39 is 29.6 Å². The molecule has 2 aromatic carbocycles. The predicted molar refractivity (Wildman–Crippen MR) is 96.3 cm³/mol. The van der Waals surface area contributed by atoms with Gasteiger partial charge in [-0.15, -0.1) is 0 Å². The Morgan fingerprint density at radius 3 is 2.32 bits per heavy atom. The summed E-state index contributed by atoms with van der Waals surface area (Å²) in [5, 5.41) is 2.63. The number of halogens is 4. The van der Waals surface area contributed by atoms with Gasteiger partial charge in [-0.25, -0.2) is 10.1 Å². The highest BCUT2D eigenvalue weighted by Crippen LogP contribution is 2.40. The predicted octanol–water partition coefficient (Wildman–Crippen LogP) is 2.43. The lowest BCUT2D eigenvalue weighted by Gasteiger charge is -2.32. The van der Waals surface area contributed by atoms with Crippen molar-refractivity contribution in [1.29, 1.82) is 0 Å². The first-order valence-corrected chi connectivity index (χ1v) is 8.78. The molecule has 1 amide bonds. The summed E-state index contributed by atoms with van der Waals surface area (Å²) < 4.78 is 43.3. The van der Waals surface area contributed by atoms with Crippen LogP contribution in [-0.2, 0) is 19.9 Å². The van der Waals surface area contributed by atoms with E-state index in [0.717, 1.165) is 11.9 Å². The highest BCUT2D eigenvalue weighted by atomic mass is 79.9. The van der Waals surface area contributed by atoms with E-state index in [1.54, 1.807) is 54.6 Å². The lowest BCUT2D eigenvalue weighted by Crippen LogP contribution is -2.64. The second-order valence-corrected chi connectivity index (χ2v) is 7.11. The van der Waals surface area contributed by atoms with E-state index in [4.69, 9.17) is 5.73 Å². The van der Waals surface area contributed by atoms with Crippen LogP contribution in [0.15, 0.2) is 59.1 Å². The zero-order valence-electron chi connectivity index (χ0n) is 14.5. The van der Waals surface area contributed by atoms with Crippen molar-refractivity contribution < 1.29 is 27.5 Å². The third-order valence-corrected chi connectivity index (χ3v) is 4.93. The normalized spacial score (nSPS) is 25.1. The monoisotopic (exact) mass is 457 g/mol. The van der Waals surface area contributed by atoms with Crippen LogP contribution < -0.4 is 11.1 Å². The van der Waals surface area contributed by atoms with Crippen LogP contribution in [-0.4, -0.2) is 36.0 Å². The minimum Gasteiger partial charge on any atom is -0.404 e. The van der Waals surface area contributed by atoms with Crippen LogP contribution in [0, 0.1) is 0 Å². The summed E-state index contributed by atoms with van der Waals surface area (Å²) in [6.45, 7) is 0. The Balaban J connectivity index is 2.16. The lowest BCUT2D eigenvalue weighted by molar-refractivity contribution is -0.228. The van der Waals surface area contributed by atoms with Crippen molar-refractivity contribution >= 4 is 27.8 Å². The van der Waals surface area contributed by atoms with Gasteiger partial charge in [-0.1, -0.05) is 58.4 Å². The molecule has 0 aromatic heterocycles. The Morgan fingerprint density at radius 2 is 1.75 bits per heavy atom. The van der Waals surface area contributed by atoms with Crippen LogP contribution in [0.25, 0.3) is 0 Å². The van der Waals surface area contributed by atoms with Gasteiger partial charge in [-0.2, -0.15) is 13.2 Å². The van der Waals surface area contributed by atoms with Crippen molar-refractivity contribution in [3.63, 3.8) is 0 Å². The smallest absolute Gasteiger partial charge is 0.404 e. The van der Waals surface area contributed by atoms with Crippen molar-refractivity contribution in [3.8, 4) is 0 Å². The number of benzene rings is 2. The number of hydrogen-bond acceptors (Lipinski definition) is 5. The third-order valence-electron chi connectivity index (χ3n) is 4.43. The van der Waals surface area contributed by atoms with Crippen LogP contribution in [0.5, 0.6) is 0 Å². The Labute approximate surface area is 166 Å². The standard InChI is InChI=1S/C18H15BrF3N3O3/c1-25-14(26)16(11-6-3-2-4-7-11,12-8-5-9-13(19)10-12)24-18(25,23)28-15(27)17(20,21)22/h2-10,24H,23H2,1H3. The Bertz CT molecular complexity index is 925.